The fourth-order valence-electron chi connectivity index (χ4n) is 1.92. The molecule has 5 heteroatoms. The van der Waals surface area contributed by atoms with Crippen molar-refractivity contribution >= 4 is 15.9 Å². The molecule has 1 aromatic carbocycles. The zero-order valence-electron chi connectivity index (χ0n) is 9.88. The monoisotopic (exact) mass is 253 g/mol. The van der Waals surface area contributed by atoms with Gasteiger partial charge in [-0.1, -0.05) is 24.6 Å². The number of rotatable bonds is 2. The van der Waals surface area contributed by atoms with E-state index in [-0.39, 0.29) is 23.3 Å². The van der Waals surface area contributed by atoms with Crippen molar-refractivity contribution in [2.75, 3.05) is 6.54 Å². The molecule has 1 fully saturated rings. The van der Waals surface area contributed by atoms with Gasteiger partial charge in [-0.25, -0.2) is 12.7 Å². The van der Waals surface area contributed by atoms with Gasteiger partial charge in [-0.3, -0.25) is 4.79 Å². The lowest BCUT2D eigenvalue weighted by Crippen LogP contribution is -2.32. The summed E-state index contributed by atoms with van der Waals surface area (Å²) in [6, 6.07) is 6.55. The summed E-state index contributed by atoms with van der Waals surface area (Å²) in [5.41, 5.74) is 0.991. The second-order valence-corrected chi connectivity index (χ2v) is 6.41. The minimum atomic E-state index is -3.65. The van der Waals surface area contributed by atoms with Gasteiger partial charge in [0, 0.05) is 13.0 Å². The van der Waals surface area contributed by atoms with Crippen molar-refractivity contribution in [3.8, 4) is 0 Å². The number of amides is 1. The van der Waals surface area contributed by atoms with Crippen molar-refractivity contribution in [1.29, 1.82) is 0 Å². The predicted octanol–water partition coefficient (Wildman–Crippen LogP) is 1.55. The minimum absolute atomic E-state index is 0.0997. The molecule has 0 saturated carbocycles. The first kappa shape index (κ1) is 12.1. The van der Waals surface area contributed by atoms with Gasteiger partial charge in [0.1, 0.15) is 0 Å². The average molecular weight is 253 g/mol. The maximum atomic E-state index is 12.2. The number of sulfonamides is 1. The lowest BCUT2D eigenvalue weighted by Gasteiger charge is -2.16. The summed E-state index contributed by atoms with van der Waals surface area (Å²) in [5.74, 6) is -0.208. The molecule has 0 radical (unpaired) electrons. The highest BCUT2D eigenvalue weighted by atomic mass is 32.2. The zero-order valence-corrected chi connectivity index (χ0v) is 10.7. The Hall–Kier alpha value is -1.36. The number of nitrogens with zero attached hydrogens (tertiary/aromatic N) is 1. The van der Waals surface area contributed by atoms with Crippen molar-refractivity contribution in [3.63, 3.8) is 0 Å². The summed E-state index contributed by atoms with van der Waals surface area (Å²) < 4.78 is 25.4. The van der Waals surface area contributed by atoms with E-state index in [2.05, 4.69) is 0 Å². The van der Waals surface area contributed by atoms with Gasteiger partial charge >= 0.3 is 0 Å². The van der Waals surface area contributed by atoms with Crippen LogP contribution >= 0.6 is 0 Å². The van der Waals surface area contributed by atoms with Crippen LogP contribution in [-0.4, -0.2) is 25.2 Å². The molecule has 1 atom stereocenters. The summed E-state index contributed by atoms with van der Waals surface area (Å²) in [5, 5.41) is 0. The maximum absolute atomic E-state index is 12.2. The molecular weight excluding hydrogens is 238 g/mol. The first-order chi connectivity index (χ1) is 7.91. The van der Waals surface area contributed by atoms with Crippen molar-refractivity contribution in [3.05, 3.63) is 29.8 Å². The van der Waals surface area contributed by atoms with E-state index in [1.807, 2.05) is 13.8 Å². The van der Waals surface area contributed by atoms with Crippen molar-refractivity contribution in [1.82, 2.24) is 4.31 Å². The van der Waals surface area contributed by atoms with Crippen LogP contribution < -0.4 is 0 Å². The number of carbonyl (C=O) groups excluding carboxylic acids is 1. The predicted molar refractivity (Wildman–Crippen MR) is 63.9 cm³/mol. The molecule has 1 aliphatic rings. The van der Waals surface area contributed by atoms with E-state index >= 15 is 0 Å². The fourth-order valence-corrected chi connectivity index (χ4v) is 3.45. The number of carbonyl (C=O) groups is 1. The van der Waals surface area contributed by atoms with E-state index < -0.39 is 10.0 Å². The molecule has 1 amide bonds. The highest BCUT2D eigenvalue weighted by molar-refractivity contribution is 7.89. The molecule has 0 aromatic heterocycles. The standard InChI is InChI=1S/C12H15NO3S/c1-9-3-5-11(6-4-9)17(15,16)13-8-10(2)7-12(13)14/h3-6,10H,7-8H2,1-2H3/t10-/m0/s1. The Morgan fingerprint density at radius 2 is 1.82 bits per heavy atom. The molecule has 4 nitrogen and oxygen atoms in total. The third-order valence-electron chi connectivity index (χ3n) is 2.89. The van der Waals surface area contributed by atoms with E-state index in [0.717, 1.165) is 9.87 Å². The molecule has 92 valence electrons. The van der Waals surface area contributed by atoms with Crippen LogP contribution in [0.1, 0.15) is 18.9 Å². The van der Waals surface area contributed by atoms with Crippen molar-refractivity contribution in [2.45, 2.75) is 25.2 Å². The molecule has 0 aliphatic carbocycles. The van der Waals surface area contributed by atoms with Gasteiger partial charge < -0.3 is 0 Å². The lowest BCUT2D eigenvalue weighted by molar-refractivity contribution is -0.123. The van der Waals surface area contributed by atoms with Crippen LogP contribution in [0.4, 0.5) is 0 Å². The van der Waals surface area contributed by atoms with Gasteiger partial charge in [-0.15, -0.1) is 0 Å². The smallest absolute Gasteiger partial charge is 0.266 e. The molecule has 0 N–H and O–H groups in total. The Morgan fingerprint density at radius 3 is 2.29 bits per heavy atom. The molecule has 1 aromatic rings. The first-order valence-corrected chi connectivity index (χ1v) is 6.97. The van der Waals surface area contributed by atoms with Crippen molar-refractivity contribution in [2.24, 2.45) is 5.92 Å². The largest absolute Gasteiger partial charge is 0.274 e. The van der Waals surface area contributed by atoms with E-state index in [1.54, 1.807) is 24.3 Å². The van der Waals surface area contributed by atoms with Crippen LogP contribution in [0.5, 0.6) is 0 Å². The van der Waals surface area contributed by atoms with Gasteiger partial charge in [-0.2, -0.15) is 0 Å². The number of hydrogen-bond acceptors (Lipinski definition) is 3. The van der Waals surface area contributed by atoms with E-state index in [1.165, 1.54) is 0 Å². The Kier molecular flexibility index (Phi) is 2.95. The van der Waals surface area contributed by atoms with Crippen molar-refractivity contribution < 1.29 is 13.2 Å². The third kappa shape index (κ3) is 2.20. The third-order valence-corrected chi connectivity index (χ3v) is 4.69. The second kappa shape index (κ2) is 4.14. The Bertz CT molecular complexity index is 533. The second-order valence-electron chi connectivity index (χ2n) is 4.55. The lowest BCUT2D eigenvalue weighted by atomic mass is 10.2. The molecule has 0 unspecified atom stereocenters. The van der Waals surface area contributed by atoms with E-state index in [0.29, 0.717) is 6.42 Å². The Labute approximate surface area is 101 Å². The number of hydrogen-bond donors (Lipinski definition) is 0. The van der Waals surface area contributed by atoms with E-state index in [4.69, 9.17) is 0 Å². The van der Waals surface area contributed by atoms with Crippen LogP contribution in [0.3, 0.4) is 0 Å². The molecule has 0 spiro atoms. The average Bonchev–Trinajstić information content (AvgIpc) is 2.59. The van der Waals surface area contributed by atoms with Crippen LogP contribution in [0, 0.1) is 12.8 Å². The maximum Gasteiger partial charge on any atom is 0.266 e. The number of benzene rings is 1. The summed E-state index contributed by atoms with van der Waals surface area (Å²) in [6.07, 6.45) is 0.311. The zero-order chi connectivity index (χ0) is 12.6. The quantitative estimate of drug-likeness (QED) is 0.803. The van der Waals surface area contributed by atoms with Gasteiger partial charge in [0.25, 0.3) is 10.0 Å². The minimum Gasteiger partial charge on any atom is -0.274 e. The molecule has 1 aliphatic heterocycles. The van der Waals surface area contributed by atoms with Gasteiger partial charge in [0.05, 0.1) is 4.90 Å². The van der Waals surface area contributed by atoms with Crippen LogP contribution in [-0.2, 0) is 14.8 Å². The highest BCUT2D eigenvalue weighted by Crippen LogP contribution is 2.25. The summed E-state index contributed by atoms with van der Waals surface area (Å²) in [7, 11) is -3.65. The van der Waals surface area contributed by atoms with Crippen LogP contribution in [0.25, 0.3) is 0 Å². The SMILES string of the molecule is Cc1ccc(S(=O)(=O)N2C[C@@H](C)CC2=O)cc1. The molecule has 2 rings (SSSR count). The Balaban J connectivity index is 2.37. The van der Waals surface area contributed by atoms with Gasteiger partial charge in [0.15, 0.2) is 0 Å². The van der Waals surface area contributed by atoms with Crippen LogP contribution in [0.2, 0.25) is 0 Å². The summed E-state index contributed by atoms with van der Waals surface area (Å²) in [6.45, 7) is 4.05. The van der Waals surface area contributed by atoms with Crippen LogP contribution in [0.15, 0.2) is 29.2 Å². The topological polar surface area (TPSA) is 54.5 Å². The summed E-state index contributed by atoms with van der Waals surface area (Å²) in [4.78, 5) is 11.8. The molecular formula is C12H15NO3S. The normalized spacial score (nSPS) is 20.9. The highest BCUT2D eigenvalue weighted by Gasteiger charge is 2.36. The molecule has 1 saturated heterocycles. The van der Waals surface area contributed by atoms with E-state index in [9.17, 15) is 13.2 Å². The number of aryl methyl sites for hydroxylation is 1. The molecule has 17 heavy (non-hydrogen) atoms. The van der Waals surface area contributed by atoms with Gasteiger partial charge in [0.2, 0.25) is 5.91 Å². The Morgan fingerprint density at radius 1 is 1.24 bits per heavy atom. The molecule has 0 bridgehead atoms. The summed E-state index contributed by atoms with van der Waals surface area (Å²) >= 11 is 0. The van der Waals surface area contributed by atoms with Gasteiger partial charge in [-0.05, 0) is 25.0 Å². The first-order valence-electron chi connectivity index (χ1n) is 5.53. The fraction of sp³-hybridized carbons (Fsp3) is 0.417. The molecule has 1 heterocycles.